The number of anilines is 1. The Bertz CT molecular complexity index is 989. The minimum Gasteiger partial charge on any atom is -0.452 e. The smallest absolute Gasteiger partial charge is 0.338 e. The normalized spacial score (nSPS) is 10.7. The first kappa shape index (κ1) is 17.8. The van der Waals surface area contributed by atoms with Gasteiger partial charge in [0, 0.05) is 12.2 Å². The van der Waals surface area contributed by atoms with Gasteiger partial charge < -0.3 is 10.1 Å². The number of carbonyl (C=O) groups is 2. The summed E-state index contributed by atoms with van der Waals surface area (Å²) in [5, 5.41) is 10.3. The van der Waals surface area contributed by atoms with Gasteiger partial charge in [0.1, 0.15) is 11.3 Å². The quantitative estimate of drug-likeness (QED) is 0.692. The third-order valence-electron chi connectivity index (χ3n) is 3.59. The number of benzene rings is 2. The number of hydrogen-bond donors (Lipinski definition) is 1. The molecule has 1 heterocycles. The van der Waals surface area contributed by atoms with E-state index in [1.165, 1.54) is 12.1 Å². The van der Waals surface area contributed by atoms with E-state index in [1.54, 1.807) is 22.9 Å². The van der Waals surface area contributed by atoms with Gasteiger partial charge in [-0.2, -0.15) is 0 Å². The second-order valence-electron chi connectivity index (χ2n) is 5.36. The van der Waals surface area contributed by atoms with Crippen molar-refractivity contribution in [2.24, 2.45) is 0 Å². The molecule has 0 aliphatic heterocycles. The minimum atomic E-state index is -0.662. The average Bonchev–Trinajstić information content (AvgIpc) is 3.05. The molecule has 0 saturated heterocycles. The van der Waals surface area contributed by atoms with Crippen molar-refractivity contribution in [2.75, 3.05) is 11.9 Å². The topological polar surface area (TPSA) is 86.1 Å². The number of esters is 1. The van der Waals surface area contributed by atoms with Crippen LogP contribution in [0.5, 0.6) is 0 Å². The second kappa shape index (κ2) is 7.49. The third-order valence-corrected chi connectivity index (χ3v) is 3.88. The second-order valence-corrected chi connectivity index (χ2v) is 5.77. The van der Waals surface area contributed by atoms with Crippen LogP contribution in [0.3, 0.4) is 0 Å². The van der Waals surface area contributed by atoms with Gasteiger partial charge in [-0.1, -0.05) is 16.8 Å². The van der Waals surface area contributed by atoms with E-state index in [0.29, 0.717) is 17.7 Å². The maximum Gasteiger partial charge on any atom is 0.338 e. The number of rotatable bonds is 5. The molecule has 0 unspecified atom stereocenters. The summed E-state index contributed by atoms with van der Waals surface area (Å²) in [4.78, 5) is 23.9. The van der Waals surface area contributed by atoms with Crippen molar-refractivity contribution in [3.05, 3.63) is 52.8 Å². The molecular weight excluding hydrogens is 363 g/mol. The van der Waals surface area contributed by atoms with Crippen LogP contribution < -0.4 is 5.32 Å². The summed E-state index contributed by atoms with van der Waals surface area (Å²) < 4.78 is 19.8. The lowest BCUT2D eigenvalue weighted by atomic mass is 10.2. The molecule has 1 aromatic heterocycles. The molecule has 2 aromatic carbocycles. The molecule has 1 N–H and O–H groups in total. The van der Waals surface area contributed by atoms with Crippen molar-refractivity contribution in [3.8, 4) is 0 Å². The Morgan fingerprint density at radius 1 is 1.27 bits per heavy atom. The summed E-state index contributed by atoms with van der Waals surface area (Å²) in [5.74, 6) is -1.82. The molecule has 0 saturated carbocycles. The van der Waals surface area contributed by atoms with Crippen LogP contribution in [0.15, 0.2) is 36.4 Å². The van der Waals surface area contributed by atoms with Crippen LogP contribution in [-0.4, -0.2) is 33.5 Å². The fraction of sp³-hybridized carbons (Fsp3) is 0.176. The highest BCUT2D eigenvalue weighted by molar-refractivity contribution is 6.31. The van der Waals surface area contributed by atoms with Crippen molar-refractivity contribution < 1.29 is 18.7 Å². The molecule has 0 aliphatic rings. The Balaban J connectivity index is 1.61. The summed E-state index contributed by atoms with van der Waals surface area (Å²) in [6, 6.07) is 8.60. The monoisotopic (exact) mass is 376 g/mol. The molecule has 9 heteroatoms. The molecule has 26 heavy (non-hydrogen) atoms. The van der Waals surface area contributed by atoms with Crippen molar-refractivity contribution >= 4 is 40.2 Å². The SMILES string of the molecule is CCn1nnc2cc(C(=O)OCC(=O)Nc3ccc(F)c(Cl)c3)ccc21. The number of fused-ring (bicyclic) bond motifs is 1. The highest BCUT2D eigenvalue weighted by Gasteiger charge is 2.13. The van der Waals surface area contributed by atoms with Crippen LogP contribution in [0.25, 0.3) is 11.0 Å². The van der Waals surface area contributed by atoms with E-state index in [4.69, 9.17) is 16.3 Å². The van der Waals surface area contributed by atoms with Crippen molar-refractivity contribution in [1.82, 2.24) is 15.0 Å². The van der Waals surface area contributed by atoms with Crippen LogP contribution in [0.2, 0.25) is 5.02 Å². The van der Waals surface area contributed by atoms with Gasteiger partial charge >= 0.3 is 5.97 Å². The third kappa shape index (κ3) is 3.80. The first-order chi connectivity index (χ1) is 12.5. The number of aryl methyl sites for hydroxylation is 1. The molecule has 0 aliphatic carbocycles. The first-order valence-corrected chi connectivity index (χ1v) is 8.11. The van der Waals surface area contributed by atoms with Crippen LogP contribution in [0.4, 0.5) is 10.1 Å². The fourth-order valence-corrected chi connectivity index (χ4v) is 2.50. The van der Waals surface area contributed by atoms with E-state index in [0.717, 1.165) is 11.6 Å². The van der Waals surface area contributed by atoms with Crippen LogP contribution in [-0.2, 0) is 16.1 Å². The van der Waals surface area contributed by atoms with E-state index in [9.17, 15) is 14.0 Å². The molecule has 0 bridgehead atoms. The van der Waals surface area contributed by atoms with E-state index >= 15 is 0 Å². The predicted octanol–water partition coefficient (Wildman–Crippen LogP) is 3.04. The summed E-state index contributed by atoms with van der Waals surface area (Å²) in [6.07, 6.45) is 0. The summed E-state index contributed by atoms with van der Waals surface area (Å²) >= 11 is 5.64. The fourth-order valence-electron chi connectivity index (χ4n) is 2.32. The molecule has 3 rings (SSSR count). The molecule has 0 spiro atoms. The summed E-state index contributed by atoms with van der Waals surface area (Å²) in [6.45, 7) is 2.10. The van der Waals surface area contributed by atoms with E-state index in [-0.39, 0.29) is 10.6 Å². The predicted molar refractivity (Wildman–Crippen MR) is 93.5 cm³/mol. The number of carbonyl (C=O) groups excluding carboxylic acids is 2. The number of nitrogens with zero attached hydrogens (tertiary/aromatic N) is 3. The van der Waals surface area contributed by atoms with Gasteiger partial charge in [0.25, 0.3) is 5.91 Å². The molecule has 3 aromatic rings. The summed E-state index contributed by atoms with van der Waals surface area (Å²) in [5.41, 5.74) is 1.93. The number of amides is 1. The molecule has 0 atom stereocenters. The Kier molecular flexibility index (Phi) is 5.13. The number of hydrogen-bond acceptors (Lipinski definition) is 5. The van der Waals surface area contributed by atoms with Gasteiger partial charge in [-0.05, 0) is 43.3 Å². The number of nitrogens with one attached hydrogen (secondary N) is 1. The number of aromatic nitrogens is 3. The average molecular weight is 377 g/mol. The van der Waals surface area contributed by atoms with Crippen molar-refractivity contribution in [2.45, 2.75) is 13.5 Å². The Labute approximate surface area is 152 Å². The number of ether oxygens (including phenoxy) is 1. The zero-order valence-electron chi connectivity index (χ0n) is 13.7. The molecule has 0 radical (unpaired) electrons. The molecular formula is C17H14ClFN4O3. The highest BCUT2D eigenvalue weighted by Crippen LogP contribution is 2.19. The van der Waals surface area contributed by atoms with Gasteiger partial charge in [-0.3, -0.25) is 4.79 Å². The largest absolute Gasteiger partial charge is 0.452 e. The van der Waals surface area contributed by atoms with Gasteiger partial charge in [0.2, 0.25) is 0 Å². The zero-order valence-corrected chi connectivity index (χ0v) is 14.5. The lowest BCUT2D eigenvalue weighted by molar-refractivity contribution is -0.119. The molecule has 0 fully saturated rings. The van der Waals surface area contributed by atoms with Gasteiger partial charge in [0.05, 0.1) is 16.1 Å². The van der Waals surface area contributed by atoms with Crippen molar-refractivity contribution in [1.29, 1.82) is 0 Å². The lowest BCUT2D eigenvalue weighted by Crippen LogP contribution is -2.21. The lowest BCUT2D eigenvalue weighted by Gasteiger charge is -2.07. The first-order valence-electron chi connectivity index (χ1n) is 7.73. The Morgan fingerprint density at radius 2 is 2.08 bits per heavy atom. The molecule has 1 amide bonds. The van der Waals surface area contributed by atoms with Crippen LogP contribution in [0, 0.1) is 5.82 Å². The van der Waals surface area contributed by atoms with Gasteiger partial charge in [0.15, 0.2) is 6.61 Å². The van der Waals surface area contributed by atoms with E-state index < -0.39 is 24.3 Å². The molecule has 134 valence electrons. The zero-order chi connectivity index (χ0) is 18.7. The maximum atomic E-state index is 13.1. The van der Waals surface area contributed by atoms with Crippen LogP contribution >= 0.6 is 11.6 Å². The Hall–Kier alpha value is -3.00. The van der Waals surface area contributed by atoms with Crippen molar-refractivity contribution in [3.63, 3.8) is 0 Å². The summed E-state index contributed by atoms with van der Waals surface area (Å²) in [7, 11) is 0. The van der Waals surface area contributed by atoms with Crippen LogP contribution in [0.1, 0.15) is 17.3 Å². The number of halogens is 2. The minimum absolute atomic E-state index is 0.117. The highest BCUT2D eigenvalue weighted by atomic mass is 35.5. The maximum absolute atomic E-state index is 13.1. The van der Waals surface area contributed by atoms with Gasteiger partial charge in [-0.25, -0.2) is 13.9 Å². The standard InChI is InChI=1S/C17H14ClFN4O3/c1-2-23-15-6-3-10(7-14(15)21-22-23)17(25)26-9-16(24)20-11-4-5-13(19)12(18)8-11/h3-8H,2,9H2,1H3,(H,20,24). The Morgan fingerprint density at radius 3 is 2.81 bits per heavy atom. The van der Waals surface area contributed by atoms with E-state index in [1.807, 2.05) is 6.92 Å². The van der Waals surface area contributed by atoms with E-state index in [2.05, 4.69) is 15.6 Å². The molecule has 7 nitrogen and oxygen atoms in total. The van der Waals surface area contributed by atoms with Gasteiger partial charge in [-0.15, -0.1) is 5.10 Å².